The Morgan fingerprint density at radius 1 is 1.42 bits per heavy atom. The number of nitrogens with zero attached hydrogens (tertiary/aromatic N) is 1. The number of likely N-dealkylation sites (N-methyl/N-ethyl adjacent to an activating group) is 1. The van der Waals surface area contributed by atoms with Crippen LogP contribution < -0.4 is 10.5 Å². The molecule has 0 amide bonds. The largest absolute Gasteiger partial charge is 0.497 e. The summed E-state index contributed by atoms with van der Waals surface area (Å²) in [5, 5.41) is 9.01. The van der Waals surface area contributed by atoms with Crippen LogP contribution >= 0.6 is 0 Å². The van der Waals surface area contributed by atoms with E-state index in [2.05, 4.69) is 17.9 Å². The summed E-state index contributed by atoms with van der Waals surface area (Å²) in [6.07, 6.45) is 0.765. The minimum absolute atomic E-state index is 0.0192. The van der Waals surface area contributed by atoms with Crippen molar-refractivity contribution in [3.05, 3.63) is 29.8 Å². The first-order valence-electron chi connectivity index (χ1n) is 6.88. The third kappa shape index (κ3) is 4.49. The van der Waals surface area contributed by atoms with Crippen molar-refractivity contribution < 1.29 is 9.84 Å². The van der Waals surface area contributed by atoms with Crippen molar-refractivity contribution in [2.24, 2.45) is 5.73 Å². The van der Waals surface area contributed by atoms with Crippen molar-refractivity contribution in [3.63, 3.8) is 0 Å². The van der Waals surface area contributed by atoms with Crippen molar-refractivity contribution in [1.29, 1.82) is 0 Å². The summed E-state index contributed by atoms with van der Waals surface area (Å²) >= 11 is 0. The maximum atomic E-state index is 9.01. The van der Waals surface area contributed by atoms with Crippen LogP contribution in [0.1, 0.15) is 31.9 Å². The maximum Gasteiger partial charge on any atom is 0.119 e. The Bertz CT molecular complexity index is 369. The third-order valence-electron chi connectivity index (χ3n) is 3.34. The number of ether oxygens (including phenoxy) is 1. The SMILES string of the molecule is CCN(CCCO)C(c1cccc(OC)c1)C(C)N. The van der Waals surface area contributed by atoms with Crippen LogP contribution in [-0.4, -0.2) is 42.9 Å². The Kier molecular flexibility index (Phi) is 6.84. The summed E-state index contributed by atoms with van der Waals surface area (Å²) in [5.41, 5.74) is 7.32. The second-order valence-corrected chi connectivity index (χ2v) is 4.79. The lowest BCUT2D eigenvalue weighted by molar-refractivity contribution is 0.165. The monoisotopic (exact) mass is 266 g/mol. The molecule has 108 valence electrons. The van der Waals surface area contributed by atoms with E-state index in [4.69, 9.17) is 15.6 Å². The normalized spacial score (nSPS) is 14.4. The van der Waals surface area contributed by atoms with Crippen LogP contribution in [0.25, 0.3) is 0 Å². The van der Waals surface area contributed by atoms with Gasteiger partial charge in [0.15, 0.2) is 0 Å². The van der Waals surface area contributed by atoms with Gasteiger partial charge in [-0.25, -0.2) is 0 Å². The molecular weight excluding hydrogens is 240 g/mol. The first-order chi connectivity index (χ1) is 9.13. The van der Waals surface area contributed by atoms with Crippen molar-refractivity contribution in [1.82, 2.24) is 4.90 Å². The fourth-order valence-corrected chi connectivity index (χ4v) is 2.44. The minimum atomic E-state index is 0.0192. The molecule has 0 aromatic heterocycles. The zero-order valence-electron chi connectivity index (χ0n) is 12.2. The molecule has 1 rings (SSSR count). The van der Waals surface area contributed by atoms with Gasteiger partial charge in [0, 0.05) is 25.2 Å². The van der Waals surface area contributed by atoms with Gasteiger partial charge in [0.05, 0.1) is 7.11 Å². The van der Waals surface area contributed by atoms with Crippen LogP contribution in [0, 0.1) is 0 Å². The molecule has 0 saturated carbocycles. The molecule has 0 aliphatic heterocycles. The molecular formula is C15H26N2O2. The molecule has 2 atom stereocenters. The van der Waals surface area contributed by atoms with Crippen LogP contribution in [0.15, 0.2) is 24.3 Å². The molecule has 19 heavy (non-hydrogen) atoms. The van der Waals surface area contributed by atoms with Crippen LogP contribution in [0.4, 0.5) is 0 Å². The quantitative estimate of drug-likeness (QED) is 0.753. The molecule has 4 heteroatoms. The van der Waals surface area contributed by atoms with Crippen molar-refractivity contribution in [2.75, 3.05) is 26.8 Å². The molecule has 0 heterocycles. The van der Waals surface area contributed by atoms with E-state index in [0.29, 0.717) is 0 Å². The molecule has 0 radical (unpaired) electrons. The van der Waals surface area contributed by atoms with Gasteiger partial charge in [-0.3, -0.25) is 4.90 Å². The van der Waals surface area contributed by atoms with Gasteiger partial charge in [0.1, 0.15) is 5.75 Å². The number of hydrogen-bond acceptors (Lipinski definition) is 4. The zero-order valence-corrected chi connectivity index (χ0v) is 12.2. The Hall–Kier alpha value is -1.10. The highest BCUT2D eigenvalue weighted by atomic mass is 16.5. The number of methoxy groups -OCH3 is 1. The summed E-state index contributed by atoms with van der Waals surface area (Å²) in [5.74, 6) is 0.848. The Morgan fingerprint density at radius 2 is 2.16 bits per heavy atom. The van der Waals surface area contributed by atoms with Crippen molar-refractivity contribution in [3.8, 4) is 5.75 Å². The van der Waals surface area contributed by atoms with Crippen LogP contribution in [0.3, 0.4) is 0 Å². The van der Waals surface area contributed by atoms with E-state index in [1.165, 1.54) is 0 Å². The molecule has 2 unspecified atom stereocenters. The lowest BCUT2D eigenvalue weighted by Gasteiger charge is -2.34. The molecule has 0 fully saturated rings. The first-order valence-corrected chi connectivity index (χ1v) is 6.88. The van der Waals surface area contributed by atoms with Gasteiger partial charge in [0.25, 0.3) is 0 Å². The lowest BCUT2D eigenvalue weighted by Crippen LogP contribution is -2.40. The molecule has 0 aliphatic rings. The van der Waals surface area contributed by atoms with Gasteiger partial charge in [-0.15, -0.1) is 0 Å². The van der Waals surface area contributed by atoms with Gasteiger partial charge in [-0.1, -0.05) is 19.1 Å². The number of aliphatic hydroxyl groups is 1. The van der Waals surface area contributed by atoms with Gasteiger partial charge in [0.2, 0.25) is 0 Å². The highest BCUT2D eigenvalue weighted by Crippen LogP contribution is 2.26. The number of nitrogens with two attached hydrogens (primary N) is 1. The van der Waals surface area contributed by atoms with E-state index in [9.17, 15) is 0 Å². The van der Waals surface area contributed by atoms with Crippen LogP contribution in [0.2, 0.25) is 0 Å². The standard InChI is InChI=1S/C15H26N2O2/c1-4-17(9-6-10-18)15(12(2)16)13-7-5-8-14(11-13)19-3/h5,7-8,11-12,15,18H,4,6,9-10,16H2,1-3H3. The average molecular weight is 266 g/mol. The highest BCUT2D eigenvalue weighted by molar-refractivity contribution is 5.31. The number of hydrogen-bond donors (Lipinski definition) is 2. The smallest absolute Gasteiger partial charge is 0.119 e. The topological polar surface area (TPSA) is 58.7 Å². The molecule has 4 nitrogen and oxygen atoms in total. The fraction of sp³-hybridized carbons (Fsp3) is 0.600. The average Bonchev–Trinajstić information content (AvgIpc) is 2.42. The molecule has 3 N–H and O–H groups in total. The molecule has 1 aromatic carbocycles. The first kappa shape index (κ1) is 16.0. The minimum Gasteiger partial charge on any atom is -0.497 e. The number of benzene rings is 1. The predicted octanol–water partition coefficient (Wildman–Crippen LogP) is 1.79. The summed E-state index contributed by atoms with van der Waals surface area (Å²) in [4.78, 5) is 2.30. The number of aliphatic hydroxyl groups excluding tert-OH is 1. The van der Waals surface area contributed by atoms with Crippen LogP contribution in [0.5, 0.6) is 5.75 Å². The third-order valence-corrected chi connectivity index (χ3v) is 3.34. The molecule has 0 aliphatic carbocycles. The van der Waals surface area contributed by atoms with E-state index in [-0.39, 0.29) is 18.7 Å². The summed E-state index contributed by atoms with van der Waals surface area (Å²) in [7, 11) is 1.67. The predicted molar refractivity (Wildman–Crippen MR) is 78.3 cm³/mol. The molecule has 0 spiro atoms. The van der Waals surface area contributed by atoms with Gasteiger partial charge in [-0.05, 0) is 37.6 Å². The highest BCUT2D eigenvalue weighted by Gasteiger charge is 2.22. The van der Waals surface area contributed by atoms with E-state index < -0.39 is 0 Å². The molecule has 1 aromatic rings. The van der Waals surface area contributed by atoms with E-state index in [1.807, 2.05) is 25.1 Å². The molecule has 0 bridgehead atoms. The fourth-order valence-electron chi connectivity index (χ4n) is 2.44. The van der Waals surface area contributed by atoms with Crippen molar-refractivity contribution >= 4 is 0 Å². The van der Waals surface area contributed by atoms with Crippen LogP contribution in [-0.2, 0) is 0 Å². The second-order valence-electron chi connectivity index (χ2n) is 4.79. The summed E-state index contributed by atoms with van der Waals surface area (Å²) < 4.78 is 5.28. The van der Waals surface area contributed by atoms with Crippen molar-refractivity contribution in [2.45, 2.75) is 32.4 Å². The number of rotatable bonds is 8. The van der Waals surface area contributed by atoms with E-state index in [1.54, 1.807) is 7.11 Å². The summed E-state index contributed by atoms with van der Waals surface area (Å²) in [6.45, 7) is 6.10. The Labute approximate surface area is 116 Å². The zero-order chi connectivity index (χ0) is 14.3. The van der Waals surface area contributed by atoms with Gasteiger partial charge >= 0.3 is 0 Å². The Balaban J connectivity index is 2.96. The Morgan fingerprint density at radius 3 is 2.68 bits per heavy atom. The second kappa shape index (κ2) is 8.15. The van der Waals surface area contributed by atoms with E-state index in [0.717, 1.165) is 30.8 Å². The van der Waals surface area contributed by atoms with Gasteiger partial charge in [-0.2, -0.15) is 0 Å². The summed E-state index contributed by atoms with van der Waals surface area (Å²) in [6, 6.07) is 8.21. The van der Waals surface area contributed by atoms with Gasteiger partial charge < -0.3 is 15.6 Å². The maximum absolute atomic E-state index is 9.01. The van der Waals surface area contributed by atoms with E-state index >= 15 is 0 Å². The lowest BCUT2D eigenvalue weighted by atomic mass is 9.98. The molecule has 0 saturated heterocycles.